The average Bonchev–Trinajstić information content (AvgIpc) is 4.20. The van der Waals surface area contributed by atoms with Crippen LogP contribution in [0, 0.1) is 24.7 Å². The minimum atomic E-state index is -0.866. The van der Waals surface area contributed by atoms with Gasteiger partial charge in [-0.1, -0.05) is 44.0 Å². The number of pyridine rings is 2. The topological polar surface area (TPSA) is 245 Å². The van der Waals surface area contributed by atoms with Crippen molar-refractivity contribution >= 4 is 29.0 Å². The molecule has 5 fully saturated rings. The largest absolute Gasteiger partial charge is 0.507 e. The van der Waals surface area contributed by atoms with E-state index < -0.39 is 18.1 Å². The number of nitrogens with two attached hydrogens (primary N) is 1. The molecule has 1 saturated carbocycles. The smallest absolute Gasteiger partial charge is 0.255 e. The van der Waals surface area contributed by atoms with E-state index in [1.807, 2.05) is 105 Å². The highest BCUT2D eigenvalue weighted by atomic mass is 16.5. The summed E-state index contributed by atoms with van der Waals surface area (Å²) in [5, 5.41) is 36.9. The van der Waals surface area contributed by atoms with Crippen molar-refractivity contribution in [1.29, 1.82) is 0 Å². The Morgan fingerprint density at radius 3 is 2.39 bits per heavy atom. The summed E-state index contributed by atoms with van der Waals surface area (Å²) in [4.78, 5) is 47.5. The first-order valence-electron chi connectivity index (χ1n) is 27.0. The molecule has 5 aliphatic rings. The van der Waals surface area contributed by atoms with Gasteiger partial charge in [-0.05, 0) is 104 Å². The Morgan fingerprint density at radius 1 is 0.848 bits per heavy atom. The first-order valence-corrected chi connectivity index (χ1v) is 27.0. The molecule has 20 nitrogen and oxygen atoms in total. The molecule has 0 spiro atoms. The van der Waals surface area contributed by atoms with Crippen molar-refractivity contribution in [2.24, 2.45) is 5.92 Å². The SMILES string of the molecule is Cc1nccn1-c1ccc([C@H](C)NC(=O)[C@@H]2C[C@@H](O)CN2C(=O)[C@H](c2cc(OCC#Cc3ccc(OC4CC(Oc5cc(N6CC7CCCC6CN7c6cc(-c7ccccc7O)nnc6N)ccn5)C4)cn3)no2)C(C)C)cc1. The van der Waals surface area contributed by atoms with Gasteiger partial charge < -0.3 is 59.3 Å². The number of phenols is 1. The third-order valence-electron chi connectivity index (χ3n) is 15.5. The number of aliphatic hydroxyl groups is 1. The molecule has 9 heterocycles. The molecule has 12 rings (SSSR count). The second kappa shape index (κ2) is 22.7. The lowest BCUT2D eigenvalue weighted by atomic mass is 9.91. The lowest BCUT2D eigenvalue weighted by Crippen LogP contribution is -2.57. The number of phenolic OH excluding ortho intramolecular Hbond substituents is 1. The molecule has 2 bridgehead atoms. The third-order valence-corrected chi connectivity index (χ3v) is 15.5. The zero-order valence-electron chi connectivity index (χ0n) is 44.6. The Bertz CT molecular complexity index is 3350. The fourth-order valence-electron chi connectivity index (χ4n) is 11.2. The molecular weight excluding hydrogens is 1000 g/mol. The van der Waals surface area contributed by atoms with Gasteiger partial charge in [-0.25, -0.2) is 15.0 Å². The van der Waals surface area contributed by atoms with Crippen molar-refractivity contribution in [2.45, 2.75) is 115 Å². The summed E-state index contributed by atoms with van der Waals surface area (Å²) in [6, 6.07) is 25.4. The van der Waals surface area contributed by atoms with Crippen LogP contribution < -0.4 is 35.1 Å². The molecule has 7 aromatic rings. The summed E-state index contributed by atoms with van der Waals surface area (Å²) < 4.78 is 26.0. The number of aryl methyl sites for hydroxylation is 1. The van der Waals surface area contributed by atoms with Crippen molar-refractivity contribution in [1.82, 2.24) is 45.1 Å². The minimum absolute atomic E-state index is 0.0146. The maximum absolute atomic E-state index is 14.2. The second-order valence-corrected chi connectivity index (χ2v) is 21.2. The Labute approximate surface area is 457 Å². The summed E-state index contributed by atoms with van der Waals surface area (Å²) in [7, 11) is 0. The lowest BCUT2D eigenvalue weighted by Gasteiger charge is -2.46. The number of para-hydroxylation sites is 1. The van der Waals surface area contributed by atoms with Crippen LogP contribution in [-0.4, -0.2) is 124 Å². The number of anilines is 3. The predicted octanol–water partition coefficient (Wildman–Crippen LogP) is 6.95. The van der Waals surface area contributed by atoms with Crippen LogP contribution in [0.5, 0.6) is 23.3 Å². The van der Waals surface area contributed by atoms with E-state index in [0.717, 1.165) is 60.8 Å². The fraction of sp³-hybridized carbons (Fsp3) is 0.390. The summed E-state index contributed by atoms with van der Waals surface area (Å²) in [5.41, 5.74) is 12.0. The van der Waals surface area contributed by atoms with Crippen LogP contribution in [-0.2, 0) is 9.59 Å². The molecule has 408 valence electrons. The number of benzene rings is 2. The van der Waals surface area contributed by atoms with E-state index in [2.05, 4.69) is 57.3 Å². The highest BCUT2D eigenvalue weighted by Crippen LogP contribution is 2.40. The quantitative estimate of drug-likeness (QED) is 0.0715. The molecule has 20 heteroatoms. The lowest BCUT2D eigenvalue weighted by molar-refractivity contribution is -0.141. The van der Waals surface area contributed by atoms with Gasteiger partial charge in [0.25, 0.3) is 5.88 Å². The van der Waals surface area contributed by atoms with E-state index >= 15 is 0 Å². The number of aromatic hydroxyl groups is 1. The molecule has 79 heavy (non-hydrogen) atoms. The summed E-state index contributed by atoms with van der Waals surface area (Å²) in [6.45, 7) is 9.19. The molecule has 6 atom stereocenters. The summed E-state index contributed by atoms with van der Waals surface area (Å²) in [5.74, 6) is 7.32. The molecule has 2 unspecified atom stereocenters. The number of nitrogens with one attached hydrogen (secondary N) is 1. The number of amides is 2. The first kappa shape index (κ1) is 52.4. The number of piperazine rings is 1. The Hall–Kier alpha value is -8.70. The number of aliphatic hydroxyl groups excluding tert-OH is 1. The molecule has 2 aromatic carbocycles. The average molecular weight is 1070 g/mol. The van der Waals surface area contributed by atoms with Crippen LogP contribution in [0.2, 0.25) is 0 Å². The number of carbonyl (C=O) groups is 2. The molecule has 0 radical (unpaired) electrons. The van der Waals surface area contributed by atoms with Gasteiger partial charge in [0.15, 0.2) is 18.2 Å². The second-order valence-electron chi connectivity index (χ2n) is 21.2. The van der Waals surface area contributed by atoms with E-state index in [9.17, 15) is 19.8 Å². The number of nitrogens with zero attached hydrogens (tertiary/aromatic N) is 10. The molecule has 5 N–H and O–H groups in total. The molecule has 4 aliphatic heterocycles. The van der Waals surface area contributed by atoms with Crippen molar-refractivity contribution in [2.75, 3.05) is 41.8 Å². The van der Waals surface area contributed by atoms with Crippen LogP contribution in [0.3, 0.4) is 0 Å². The normalized spacial score (nSPS) is 21.4. The predicted molar refractivity (Wildman–Crippen MR) is 294 cm³/mol. The highest BCUT2D eigenvalue weighted by molar-refractivity contribution is 5.91. The van der Waals surface area contributed by atoms with Gasteiger partial charge in [-0.15, -0.1) is 10.2 Å². The maximum Gasteiger partial charge on any atom is 0.255 e. The van der Waals surface area contributed by atoms with Crippen LogP contribution in [0.25, 0.3) is 16.9 Å². The van der Waals surface area contributed by atoms with Crippen LogP contribution in [0.1, 0.15) is 94.1 Å². The Morgan fingerprint density at radius 2 is 1.63 bits per heavy atom. The number of hydrogen-bond acceptors (Lipinski definition) is 17. The number of ether oxygens (including phenoxy) is 3. The number of nitrogen functional groups attached to an aromatic ring is 1. The number of imidazole rings is 1. The number of β-amino-alcohol motifs (C(OH)–C–C–N with tert-alkyl or cyclic N) is 1. The fourth-order valence-corrected chi connectivity index (χ4v) is 11.2. The van der Waals surface area contributed by atoms with E-state index in [-0.39, 0.29) is 85.0 Å². The highest BCUT2D eigenvalue weighted by Gasteiger charge is 2.44. The Balaban J connectivity index is 0.631. The van der Waals surface area contributed by atoms with Crippen molar-refractivity contribution in [3.05, 3.63) is 133 Å². The van der Waals surface area contributed by atoms with Gasteiger partial charge in [-0.2, -0.15) is 0 Å². The number of likely N-dealkylation sites (tertiary alicyclic amines) is 1. The number of aromatic nitrogens is 7. The van der Waals surface area contributed by atoms with Gasteiger partial charge in [0.05, 0.1) is 29.7 Å². The first-order chi connectivity index (χ1) is 38.3. The van der Waals surface area contributed by atoms with Gasteiger partial charge in [0.1, 0.15) is 47.2 Å². The molecular formula is C59H64N12O8. The van der Waals surface area contributed by atoms with Gasteiger partial charge in [0, 0.05) is 98.6 Å². The van der Waals surface area contributed by atoms with Crippen molar-refractivity contribution < 1.29 is 38.5 Å². The molecule has 2 amide bonds. The Kier molecular flexibility index (Phi) is 15.1. The van der Waals surface area contributed by atoms with Crippen LogP contribution in [0.4, 0.5) is 17.2 Å². The summed E-state index contributed by atoms with van der Waals surface area (Å²) >= 11 is 0. The summed E-state index contributed by atoms with van der Waals surface area (Å²) in [6.07, 6.45) is 10.9. The molecule has 5 aromatic heterocycles. The third kappa shape index (κ3) is 11.5. The van der Waals surface area contributed by atoms with E-state index in [1.165, 1.54) is 4.90 Å². The number of fused-ring (bicyclic) bond motifs is 4. The number of rotatable bonds is 16. The standard InChI is InChI=1S/C59H64N12O8/c1-35(2)56(59(75)71-34-44(72)26-51(71)58(74)64-36(3)38-14-17-40(18-15-38)68-23-22-61-37(68)4)53-30-55(67-79-53)76-24-8-9-39-16-19-45(31-63-39)77-46-27-47(28-46)78-54-25-41(20-21-62-54)69-32-43-11-7-10-42(69)33-70(43)50-29-49(65-66-57(50)60)48-12-5-6-13-52(48)73/h5-6,12-23,25,29-31,35-36,42-44,46-47,51,56,72-73H,7,10-11,24,26-28,32-34H2,1-4H3,(H2,60,66)(H,64,74)/t36-,42?,43?,44+,46?,47?,51-,56-/m0/s1. The van der Waals surface area contributed by atoms with Crippen molar-refractivity contribution in [3.63, 3.8) is 0 Å². The monoisotopic (exact) mass is 1070 g/mol. The maximum atomic E-state index is 14.2. The van der Waals surface area contributed by atoms with E-state index in [4.69, 9.17) is 24.5 Å². The van der Waals surface area contributed by atoms with E-state index in [0.29, 0.717) is 47.2 Å². The van der Waals surface area contributed by atoms with Crippen LogP contribution in [0.15, 0.2) is 114 Å². The van der Waals surface area contributed by atoms with Gasteiger partial charge >= 0.3 is 0 Å². The van der Waals surface area contributed by atoms with Gasteiger partial charge in [0.2, 0.25) is 17.7 Å². The number of carbonyl (C=O) groups excluding carboxylic acids is 2. The zero-order chi connectivity index (χ0) is 54.7. The molecule has 4 saturated heterocycles. The zero-order valence-corrected chi connectivity index (χ0v) is 44.6. The van der Waals surface area contributed by atoms with Gasteiger partial charge in [-0.3, -0.25) is 9.59 Å². The minimum Gasteiger partial charge on any atom is -0.507 e. The number of hydrogen-bond donors (Lipinski definition) is 4. The van der Waals surface area contributed by atoms with Crippen LogP contribution >= 0.6 is 0 Å². The van der Waals surface area contributed by atoms with E-state index in [1.54, 1.807) is 36.7 Å². The molecule has 1 aliphatic carbocycles. The van der Waals surface area contributed by atoms with Crippen molar-refractivity contribution in [3.8, 4) is 52.0 Å².